The molecule has 0 saturated carbocycles. The zero-order valence-electron chi connectivity index (χ0n) is 11.8. The van der Waals surface area contributed by atoms with Crippen molar-refractivity contribution in [3.8, 4) is 0 Å². The third-order valence-electron chi connectivity index (χ3n) is 4.25. The summed E-state index contributed by atoms with van der Waals surface area (Å²) in [5, 5.41) is 0. The van der Waals surface area contributed by atoms with Crippen LogP contribution in [0.5, 0.6) is 0 Å². The lowest BCUT2D eigenvalue weighted by Crippen LogP contribution is -2.31. The number of hydrogen-bond donors (Lipinski definition) is 1. The monoisotopic (exact) mass is 246 g/mol. The van der Waals surface area contributed by atoms with E-state index in [-0.39, 0.29) is 0 Å². The molecule has 0 radical (unpaired) electrons. The standard InChI is InChI=1S/C16H26N2/c1-3-18(4-2)12-16(11-17)15-9-8-13-6-5-7-14(13)10-15/h8-10,16H,3-7,11-12,17H2,1-2H3. The minimum Gasteiger partial charge on any atom is -0.330 e. The molecule has 2 N–H and O–H groups in total. The maximum Gasteiger partial charge on any atom is 0.00889 e. The van der Waals surface area contributed by atoms with Crippen LogP contribution >= 0.6 is 0 Å². The van der Waals surface area contributed by atoms with Gasteiger partial charge in [-0.1, -0.05) is 32.0 Å². The Balaban J connectivity index is 2.12. The molecule has 0 amide bonds. The lowest BCUT2D eigenvalue weighted by atomic mass is 9.95. The van der Waals surface area contributed by atoms with Gasteiger partial charge >= 0.3 is 0 Å². The third-order valence-corrected chi connectivity index (χ3v) is 4.25. The van der Waals surface area contributed by atoms with Crippen LogP contribution < -0.4 is 5.73 Å². The summed E-state index contributed by atoms with van der Waals surface area (Å²) in [6.45, 7) is 8.49. The number of nitrogens with two attached hydrogens (primary N) is 1. The topological polar surface area (TPSA) is 29.3 Å². The van der Waals surface area contributed by atoms with Crippen LogP contribution in [0.15, 0.2) is 18.2 Å². The van der Waals surface area contributed by atoms with Gasteiger partial charge in [-0.3, -0.25) is 0 Å². The van der Waals surface area contributed by atoms with Gasteiger partial charge in [0.1, 0.15) is 0 Å². The van der Waals surface area contributed by atoms with Gasteiger partial charge in [-0.05, 0) is 49.0 Å². The highest BCUT2D eigenvalue weighted by atomic mass is 15.1. The molecule has 0 spiro atoms. The molecule has 1 unspecified atom stereocenters. The molecule has 1 aromatic carbocycles. The van der Waals surface area contributed by atoms with Gasteiger partial charge in [0.15, 0.2) is 0 Å². The molecule has 2 heteroatoms. The van der Waals surface area contributed by atoms with Crippen LogP contribution in [-0.4, -0.2) is 31.1 Å². The van der Waals surface area contributed by atoms with Crippen molar-refractivity contribution in [2.75, 3.05) is 26.2 Å². The van der Waals surface area contributed by atoms with E-state index >= 15 is 0 Å². The molecule has 1 atom stereocenters. The van der Waals surface area contributed by atoms with Crippen LogP contribution in [0.25, 0.3) is 0 Å². The fraction of sp³-hybridized carbons (Fsp3) is 0.625. The number of nitrogens with zero attached hydrogens (tertiary/aromatic N) is 1. The summed E-state index contributed by atoms with van der Waals surface area (Å²) >= 11 is 0. The molecule has 0 aliphatic heterocycles. The van der Waals surface area contributed by atoms with Crippen LogP contribution in [-0.2, 0) is 12.8 Å². The number of rotatable bonds is 6. The van der Waals surface area contributed by atoms with Crippen molar-refractivity contribution < 1.29 is 0 Å². The number of aryl methyl sites for hydroxylation is 2. The first-order valence-corrected chi connectivity index (χ1v) is 7.32. The zero-order valence-corrected chi connectivity index (χ0v) is 11.8. The number of hydrogen-bond acceptors (Lipinski definition) is 2. The van der Waals surface area contributed by atoms with E-state index < -0.39 is 0 Å². The molecule has 1 aromatic rings. The predicted molar refractivity (Wildman–Crippen MR) is 78.1 cm³/mol. The second-order valence-corrected chi connectivity index (χ2v) is 5.30. The molecule has 0 fully saturated rings. The highest BCUT2D eigenvalue weighted by molar-refractivity contribution is 5.37. The normalized spacial score (nSPS) is 16.0. The molecule has 0 saturated heterocycles. The van der Waals surface area contributed by atoms with Crippen LogP contribution in [0.4, 0.5) is 0 Å². The zero-order chi connectivity index (χ0) is 13.0. The first-order valence-electron chi connectivity index (χ1n) is 7.32. The van der Waals surface area contributed by atoms with E-state index in [1.165, 1.54) is 24.8 Å². The molecule has 100 valence electrons. The molecule has 18 heavy (non-hydrogen) atoms. The maximum atomic E-state index is 5.98. The quantitative estimate of drug-likeness (QED) is 0.836. The molecule has 0 heterocycles. The van der Waals surface area contributed by atoms with E-state index in [4.69, 9.17) is 5.73 Å². The van der Waals surface area contributed by atoms with Crippen molar-refractivity contribution in [3.63, 3.8) is 0 Å². The van der Waals surface area contributed by atoms with Crippen molar-refractivity contribution in [2.45, 2.75) is 39.0 Å². The fourth-order valence-corrected chi connectivity index (χ4v) is 2.96. The number of fused-ring (bicyclic) bond motifs is 1. The SMILES string of the molecule is CCN(CC)CC(CN)c1ccc2c(c1)CCC2. The largest absolute Gasteiger partial charge is 0.330 e. The fourth-order valence-electron chi connectivity index (χ4n) is 2.96. The Kier molecular flexibility index (Phi) is 4.79. The Morgan fingerprint density at radius 3 is 2.56 bits per heavy atom. The van der Waals surface area contributed by atoms with Gasteiger partial charge in [-0.25, -0.2) is 0 Å². The van der Waals surface area contributed by atoms with Crippen molar-refractivity contribution in [1.82, 2.24) is 4.90 Å². The highest BCUT2D eigenvalue weighted by Crippen LogP contribution is 2.26. The summed E-state index contributed by atoms with van der Waals surface area (Å²) in [6, 6.07) is 7.02. The van der Waals surface area contributed by atoms with E-state index in [2.05, 4.69) is 36.9 Å². The molecular weight excluding hydrogens is 220 g/mol. The Morgan fingerprint density at radius 2 is 1.89 bits per heavy atom. The number of benzene rings is 1. The maximum absolute atomic E-state index is 5.98. The summed E-state index contributed by atoms with van der Waals surface area (Å²) in [4.78, 5) is 2.46. The van der Waals surface area contributed by atoms with E-state index in [0.29, 0.717) is 5.92 Å². The second kappa shape index (κ2) is 6.35. The number of likely N-dealkylation sites (N-methyl/N-ethyl adjacent to an activating group) is 1. The third kappa shape index (κ3) is 2.93. The van der Waals surface area contributed by atoms with Gasteiger partial charge in [-0.2, -0.15) is 0 Å². The van der Waals surface area contributed by atoms with Gasteiger partial charge in [-0.15, -0.1) is 0 Å². The molecule has 1 aliphatic carbocycles. The summed E-state index contributed by atoms with van der Waals surface area (Å²) in [5.74, 6) is 0.482. The molecular formula is C16H26N2. The van der Waals surface area contributed by atoms with Crippen molar-refractivity contribution in [3.05, 3.63) is 34.9 Å². The lowest BCUT2D eigenvalue weighted by Gasteiger charge is -2.25. The first kappa shape index (κ1) is 13.6. The van der Waals surface area contributed by atoms with Gasteiger partial charge in [0, 0.05) is 19.0 Å². The lowest BCUT2D eigenvalue weighted by molar-refractivity contribution is 0.284. The minimum atomic E-state index is 0.482. The Labute approximate surface area is 111 Å². The van der Waals surface area contributed by atoms with E-state index in [0.717, 1.165) is 26.2 Å². The van der Waals surface area contributed by atoms with Gasteiger partial charge in [0.2, 0.25) is 0 Å². The predicted octanol–water partition coefficient (Wildman–Crippen LogP) is 2.56. The van der Waals surface area contributed by atoms with Crippen LogP contribution in [0, 0.1) is 0 Å². The van der Waals surface area contributed by atoms with Crippen LogP contribution in [0.3, 0.4) is 0 Å². The Bertz CT molecular complexity index is 383. The average molecular weight is 246 g/mol. The summed E-state index contributed by atoms with van der Waals surface area (Å²) in [6.07, 6.45) is 3.84. The Morgan fingerprint density at radius 1 is 1.17 bits per heavy atom. The van der Waals surface area contributed by atoms with Crippen molar-refractivity contribution >= 4 is 0 Å². The summed E-state index contributed by atoms with van der Waals surface area (Å²) < 4.78 is 0. The molecule has 1 aliphatic rings. The van der Waals surface area contributed by atoms with Crippen LogP contribution in [0.1, 0.15) is 42.9 Å². The van der Waals surface area contributed by atoms with Gasteiger partial charge in [0.25, 0.3) is 0 Å². The van der Waals surface area contributed by atoms with Crippen molar-refractivity contribution in [1.29, 1.82) is 0 Å². The molecule has 0 aromatic heterocycles. The second-order valence-electron chi connectivity index (χ2n) is 5.30. The molecule has 2 nitrogen and oxygen atoms in total. The van der Waals surface area contributed by atoms with E-state index in [9.17, 15) is 0 Å². The van der Waals surface area contributed by atoms with E-state index in [1.54, 1.807) is 11.1 Å². The highest BCUT2D eigenvalue weighted by Gasteiger charge is 2.16. The van der Waals surface area contributed by atoms with Crippen LogP contribution in [0.2, 0.25) is 0 Å². The van der Waals surface area contributed by atoms with Crippen molar-refractivity contribution in [2.24, 2.45) is 5.73 Å². The van der Waals surface area contributed by atoms with E-state index in [1.807, 2.05) is 0 Å². The summed E-state index contributed by atoms with van der Waals surface area (Å²) in [7, 11) is 0. The minimum absolute atomic E-state index is 0.482. The first-order chi connectivity index (χ1) is 8.78. The molecule has 0 bridgehead atoms. The van der Waals surface area contributed by atoms with Gasteiger partial charge < -0.3 is 10.6 Å². The average Bonchev–Trinajstić information content (AvgIpc) is 2.87. The molecule has 2 rings (SSSR count). The van der Waals surface area contributed by atoms with Gasteiger partial charge in [0.05, 0.1) is 0 Å². The Hall–Kier alpha value is -0.860. The smallest absolute Gasteiger partial charge is 0.00889 e. The summed E-state index contributed by atoms with van der Waals surface area (Å²) in [5.41, 5.74) is 10.5.